The van der Waals surface area contributed by atoms with Crippen molar-refractivity contribution in [1.29, 1.82) is 0 Å². The number of rotatable bonds is 3. The second-order valence-corrected chi connectivity index (χ2v) is 3.32. The maximum absolute atomic E-state index is 8.78. The number of nitrogens with zero attached hydrogens (tertiary/aromatic N) is 1. The Morgan fingerprint density at radius 1 is 1.36 bits per heavy atom. The Balaban J connectivity index is 2.45. The maximum Gasteiger partial charge on any atom is 0.344 e. The minimum absolute atomic E-state index is 0.214. The zero-order valence-electron chi connectivity index (χ0n) is 8.23. The molecule has 1 aromatic heterocycles. The molecule has 0 aliphatic rings. The number of aromatic nitrogens is 1. The van der Waals surface area contributed by atoms with Crippen LogP contribution < -0.4 is 4.57 Å². The third-order valence-electron chi connectivity index (χ3n) is 2.33. The van der Waals surface area contributed by atoms with E-state index < -0.39 is 0 Å². The summed E-state index contributed by atoms with van der Waals surface area (Å²) >= 11 is 0. The Labute approximate surface area is 82.6 Å². The van der Waals surface area contributed by atoms with Gasteiger partial charge in [0.05, 0.1) is 6.92 Å². The van der Waals surface area contributed by atoms with Gasteiger partial charge in [-0.2, -0.15) is 4.57 Å². The summed E-state index contributed by atoms with van der Waals surface area (Å²) in [6.07, 6.45) is 0.759. The van der Waals surface area contributed by atoms with Gasteiger partial charge in [-0.15, -0.1) is 0 Å². The highest BCUT2D eigenvalue weighted by Gasteiger charge is 2.16. The van der Waals surface area contributed by atoms with E-state index in [4.69, 9.17) is 9.52 Å². The number of oxazole rings is 1. The highest BCUT2D eigenvalue weighted by atomic mass is 16.3. The molecule has 0 aliphatic carbocycles. The Morgan fingerprint density at radius 2 is 2.14 bits per heavy atom. The molecule has 1 N–H and O–H groups in total. The topological polar surface area (TPSA) is 37.2 Å². The van der Waals surface area contributed by atoms with Crippen LogP contribution in [-0.4, -0.2) is 11.7 Å². The van der Waals surface area contributed by atoms with Gasteiger partial charge in [-0.1, -0.05) is 12.1 Å². The third-order valence-corrected chi connectivity index (χ3v) is 2.33. The van der Waals surface area contributed by atoms with Gasteiger partial charge in [-0.25, -0.2) is 0 Å². The van der Waals surface area contributed by atoms with E-state index in [1.165, 1.54) is 0 Å². The Kier molecular flexibility index (Phi) is 2.50. The molecule has 2 aromatic rings. The van der Waals surface area contributed by atoms with Gasteiger partial charge in [0.25, 0.3) is 5.52 Å². The van der Waals surface area contributed by atoms with Gasteiger partial charge in [0.2, 0.25) is 5.58 Å². The van der Waals surface area contributed by atoms with Crippen molar-refractivity contribution in [3.05, 3.63) is 30.2 Å². The first-order chi connectivity index (χ1) is 6.83. The molecule has 3 nitrogen and oxygen atoms in total. The standard InChI is InChI=1S/C11H14NO2/c1-9-12(7-4-8-13)10-5-2-3-6-11(10)14-9/h2-3,5-6,13H,4,7-8H2,1H3/q+1. The molecule has 0 amide bonds. The van der Waals surface area contributed by atoms with Crippen molar-refractivity contribution >= 4 is 11.1 Å². The van der Waals surface area contributed by atoms with Gasteiger partial charge in [-0.3, -0.25) is 0 Å². The van der Waals surface area contributed by atoms with E-state index >= 15 is 0 Å². The molecule has 0 radical (unpaired) electrons. The highest BCUT2D eigenvalue weighted by molar-refractivity contribution is 5.68. The molecular weight excluding hydrogens is 178 g/mol. The highest BCUT2D eigenvalue weighted by Crippen LogP contribution is 2.12. The van der Waals surface area contributed by atoms with Crippen LogP contribution in [0.1, 0.15) is 12.3 Å². The zero-order valence-corrected chi connectivity index (χ0v) is 8.23. The molecule has 1 heterocycles. The van der Waals surface area contributed by atoms with Gasteiger partial charge in [0.1, 0.15) is 0 Å². The summed E-state index contributed by atoms with van der Waals surface area (Å²) < 4.78 is 7.67. The Bertz CT molecular complexity index is 434. The molecule has 0 atom stereocenters. The normalized spacial score (nSPS) is 11.0. The summed E-state index contributed by atoms with van der Waals surface area (Å²) in [5.74, 6) is 0.889. The van der Waals surface area contributed by atoms with Crippen LogP contribution in [-0.2, 0) is 6.54 Å². The molecule has 1 aromatic carbocycles. The van der Waals surface area contributed by atoms with Crippen LogP contribution in [0.4, 0.5) is 0 Å². The number of hydrogen-bond donors (Lipinski definition) is 1. The molecule has 0 saturated carbocycles. The largest absolute Gasteiger partial charge is 0.402 e. The molecule has 0 bridgehead atoms. The van der Waals surface area contributed by atoms with E-state index in [0.29, 0.717) is 0 Å². The maximum atomic E-state index is 8.78. The lowest BCUT2D eigenvalue weighted by Gasteiger charge is -1.91. The van der Waals surface area contributed by atoms with Gasteiger partial charge in [0.15, 0.2) is 6.54 Å². The molecule has 0 unspecified atom stereocenters. The number of aryl methyl sites for hydroxylation is 2. The van der Waals surface area contributed by atoms with Crippen LogP contribution in [0.2, 0.25) is 0 Å². The van der Waals surface area contributed by atoms with Crippen molar-refractivity contribution in [2.45, 2.75) is 19.9 Å². The van der Waals surface area contributed by atoms with E-state index in [1.54, 1.807) is 0 Å². The molecular formula is C11H14NO2+. The average molecular weight is 192 g/mol. The molecule has 0 fully saturated rings. The lowest BCUT2D eigenvalue weighted by Crippen LogP contribution is -2.35. The molecule has 0 saturated heterocycles. The second-order valence-electron chi connectivity index (χ2n) is 3.32. The quantitative estimate of drug-likeness (QED) is 0.746. The van der Waals surface area contributed by atoms with Crippen LogP contribution in [0.15, 0.2) is 28.7 Å². The van der Waals surface area contributed by atoms with Gasteiger partial charge >= 0.3 is 5.89 Å². The van der Waals surface area contributed by atoms with Crippen LogP contribution in [0, 0.1) is 6.92 Å². The van der Waals surface area contributed by atoms with Crippen molar-refractivity contribution in [2.75, 3.05) is 6.61 Å². The van der Waals surface area contributed by atoms with Crippen molar-refractivity contribution in [3.63, 3.8) is 0 Å². The van der Waals surface area contributed by atoms with Crippen molar-refractivity contribution in [3.8, 4) is 0 Å². The van der Waals surface area contributed by atoms with Crippen molar-refractivity contribution in [2.24, 2.45) is 0 Å². The number of benzene rings is 1. The molecule has 2 rings (SSSR count). The van der Waals surface area contributed by atoms with Crippen LogP contribution >= 0.6 is 0 Å². The van der Waals surface area contributed by atoms with Crippen LogP contribution in [0.25, 0.3) is 11.1 Å². The van der Waals surface area contributed by atoms with Gasteiger partial charge in [0, 0.05) is 19.1 Å². The number of aliphatic hydroxyl groups excluding tert-OH is 1. The second kappa shape index (κ2) is 3.80. The molecule has 0 spiro atoms. The predicted octanol–water partition coefficient (Wildman–Crippen LogP) is 1.41. The zero-order chi connectivity index (χ0) is 9.97. The average Bonchev–Trinajstić information content (AvgIpc) is 2.51. The molecule has 3 heteroatoms. The fourth-order valence-electron chi connectivity index (χ4n) is 1.66. The monoisotopic (exact) mass is 192 g/mol. The van der Waals surface area contributed by atoms with E-state index in [1.807, 2.05) is 31.2 Å². The number of para-hydroxylation sites is 2. The van der Waals surface area contributed by atoms with Gasteiger partial charge in [-0.05, 0) is 6.07 Å². The summed E-state index contributed by atoms with van der Waals surface area (Å²) in [6.45, 7) is 2.96. The van der Waals surface area contributed by atoms with E-state index in [2.05, 4.69) is 4.57 Å². The Hall–Kier alpha value is -1.35. The number of aliphatic hydroxyl groups is 1. The first-order valence-electron chi connectivity index (χ1n) is 4.82. The first kappa shape index (κ1) is 9.21. The lowest BCUT2D eigenvalue weighted by molar-refractivity contribution is -0.683. The summed E-state index contributed by atoms with van der Waals surface area (Å²) in [6, 6.07) is 7.94. The molecule has 14 heavy (non-hydrogen) atoms. The molecule has 0 aliphatic heterocycles. The van der Waals surface area contributed by atoms with Gasteiger partial charge < -0.3 is 9.52 Å². The summed E-state index contributed by atoms with van der Waals surface area (Å²) in [7, 11) is 0. The summed E-state index contributed by atoms with van der Waals surface area (Å²) in [5, 5.41) is 8.78. The Morgan fingerprint density at radius 3 is 2.93 bits per heavy atom. The minimum Gasteiger partial charge on any atom is -0.402 e. The van der Waals surface area contributed by atoms with E-state index in [0.717, 1.165) is 30.0 Å². The van der Waals surface area contributed by atoms with Crippen molar-refractivity contribution in [1.82, 2.24) is 0 Å². The smallest absolute Gasteiger partial charge is 0.344 e. The number of fused-ring (bicyclic) bond motifs is 1. The lowest BCUT2D eigenvalue weighted by atomic mass is 10.3. The predicted molar refractivity (Wildman–Crippen MR) is 52.8 cm³/mol. The first-order valence-corrected chi connectivity index (χ1v) is 4.82. The third kappa shape index (κ3) is 1.51. The van der Waals surface area contributed by atoms with Crippen LogP contribution in [0.5, 0.6) is 0 Å². The summed E-state index contributed by atoms with van der Waals surface area (Å²) in [4.78, 5) is 0. The molecule has 74 valence electrons. The number of hydrogen-bond acceptors (Lipinski definition) is 2. The fraction of sp³-hybridized carbons (Fsp3) is 0.364. The summed E-state index contributed by atoms with van der Waals surface area (Å²) in [5.41, 5.74) is 2.00. The minimum atomic E-state index is 0.214. The SMILES string of the molecule is Cc1oc2ccccc2[n+]1CCCO. The van der Waals surface area contributed by atoms with Crippen molar-refractivity contribution < 1.29 is 14.1 Å². The fourth-order valence-corrected chi connectivity index (χ4v) is 1.66. The van der Waals surface area contributed by atoms with Crippen LogP contribution in [0.3, 0.4) is 0 Å². The van der Waals surface area contributed by atoms with E-state index in [-0.39, 0.29) is 6.61 Å². The van der Waals surface area contributed by atoms with E-state index in [9.17, 15) is 0 Å².